The molecular formula is C18H20S2. The first-order chi connectivity index (χ1) is 9.75. The molecule has 0 fully saturated rings. The first kappa shape index (κ1) is 15.3. The number of hydrogen-bond donors (Lipinski definition) is 0. The van der Waals surface area contributed by atoms with Crippen LogP contribution in [0.1, 0.15) is 13.8 Å². The van der Waals surface area contributed by atoms with Gasteiger partial charge in [0.15, 0.2) is 0 Å². The van der Waals surface area contributed by atoms with Gasteiger partial charge in [-0.1, -0.05) is 47.5 Å². The Morgan fingerprint density at radius 1 is 0.650 bits per heavy atom. The SMILES string of the molecule is C/C(CSc1ccccc1)=C(\C)CSc1ccccc1. The van der Waals surface area contributed by atoms with E-state index in [-0.39, 0.29) is 0 Å². The Morgan fingerprint density at radius 2 is 1.00 bits per heavy atom. The molecule has 0 aromatic heterocycles. The first-order valence-corrected chi connectivity index (χ1v) is 8.74. The summed E-state index contributed by atoms with van der Waals surface area (Å²) in [5.41, 5.74) is 2.98. The minimum absolute atomic E-state index is 1.07. The fraction of sp³-hybridized carbons (Fsp3) is 0.222. The zero-order valence-corrected chi connectivity index (χ0v) is 13.6. The van der Waals surface area contributed by atoms with Crippen molar-refractivity contribution in [1.82, 2.24) is 0 Å². The molecule has 20 heavy (non-hydrogen) atoms. The summed E-state index contributed by atoms with van der Waals surface area (Å²) in [4.78, 5) is 2.69. The molecule has 0 atom stereocenters. The van der Waals surface area contributed by atoms with E-state index >= 15 is 0 Å². The summed E-state index contributed by atoms with van der Waals surface area (Å²) >= 11 is 3.82. The van der Waals surface area contributed by atoms with Crippen molar-refractivity contribution in [2.75, 3.05) is 11.5 Å². The van der Waals surface area contributed by atoms with Gasteiger partial charge in [0.2, 0.25) is 0 Å². The van der Waals surface area contributed by atoms with Gasteiger partial charge in [-0.25, -0.2) is 0 Å². The Labute approximate surface area is 130 Å². The minimum atomic E-state index is 1.07. The maximum absolute atomic E-state index is 2.25. The van der Waals surface area contributed by atoms with Crippen molar-refractivity contribution in [3.05, 3.63) is 71.8 Å². The summed E-state index contributed by atoms with van der Waals surface area (Å²) in [5, 5.41) is 0. The van der Waals surface area contributed by atoms with Crippen LogP contribution >= 0.6 is 23.5 Å². The van der Waals surface area contributed by atoms with Crippen molar-refractivity contribution in [1.29, 1.82) is 0 Å². The van der Waals surface area contributed by atoms with Gasteiger partial charge in [0, 0.05) is 21.3 Å². The van der Waals surface area contributed by atoms with Gasteiger partial charge in [0.1, 0.15) is 0 Å². The lowest BCUT2D eigenvalue weighted by Crippen LogP contribution is -1.91. The highest BCUT2D eigenvalue weighted by Gasteiger charge is 2.01. The van der Waals surface area contributed by atoms with E-state index in [9.17, 15) is 0 Å². The van der Waals surface area contributed by atoms with Crippen LogP contribution in [0.5, 0.6) is 0 Å². The highest BCUT2D eigenvalue weighted by molar-refractivity contribution is 7.99. The lowest BCUT2D eigenvalue weighted by atomic mass is 10.2. The van der Waals surface area contributed by atoms with Crippen LogP contribution in [0.4, 0.5) is 0 Å². The van der Waals surface area contributed by atoms with Gasteiger partial charge in [0.25, 0.3) is 0 Å². The molecule has 2 aromatic carbocycles. The van der Waals surface area contributed by atoms with Gasteiger partial charge in [-0.15, -0.1) is 23.5 Å². The molecule has 0 spiro atoms. The molecule has 0 saturated carbocycles. The predicted molar refractivity (Wildman–Crippen MR) is 92.7 cm³/mol. The average Bonchev–Trinajstić information content (AvgIpc) is 2.52. The quantitative estimate of drug-likeness (QED) is 0.480. The van der Waals surface area contributed by atoms with Crippen LogP contribution in [0.15, 0.2) is 81.6 Å². The van der Waals surface area contributed by atoms with Crippen LogP contribution in [0.3, 0.4) is 0 Å². The maximum atomic E-state index is 2.25. The van der Waals surface area contributed by atoms with Gasteiger partial charge in [0.05, 0.1) is 0 Å². The van der Waals surface area contributed by atoms with Crippen LogP contribution in [0, 0.1) is 0 Å². The van der Waals surface area contributed by atoms with E-state index in [1.807, 2.05) is 23.5 Å². The van der Waals surface area contributed by atoms with Crippen LogP contribution in [0.2, 0.25) is 0 Å². The second kappa shape index (κ2) is 8.23. The Balaban J connectivity index is 1.84. The topological polar surface area (TPSA) is 0 Å². The third-order valence-corrected chi connectivity index (χ3v) is 5.49. The Hall–Kier alpha value is -1.12. The normalized spacial score (nSPS) is 12.1. The molecule has 0 aliphatic heterocycles. The molecule has 0 bridgehead atoms. The summed E-state index contributed by atoms with van der Waals surface area (Å²) in [7, 11) is 0. The van der Waals surface area contributed by atoms with Gasteiger partial charge >= 0.3 is 0 Å². The highest BCUT2D eigenvalue weighted by atomic mass is 32.2. The van der Waals surface area contributed by atoms with E-state index in [2.05, 4.69) is 74.5 Å². The molecule has 0 N–H and O–H groups in total. The summed E-state index contributed by atoms with van der Waals surface area (Å²) < 4.78 is 0. The fourth-order valence-electron chi connectivity index (χ4n) is 1.66. The standard InChI is InChI=1S/C18H20S2/c1-15(13-19-17-9-5-3-6-10-17)16(2)14-20-18-11-7-4-8-12-18/h3-12H,13-14H2,1-2H3/b16-15-. The molecule has 0 saturated heterocycles. The number of benzene rings is 2. The number of hydrogen-bond acceptors (Lipinski definition) is 2. The summed E-state index contributed by atoms with van der Waals surface area (Å²) in [5.74, 6) is 2.15. The van der Waals surface area contributed by atoms with Crippen LogP contribution < -0.4 is 0 Å². The van der Waals surface area contributed by atoms with Crippen molar-refractivity contribution in [2.24, 2.45) is 0 Å². The van der Waals surface area contributed by atoms with E-state index in [0.717, 1.165) is 11.5 Å². The number of thioether (sulfide) groups is 2. The van der Waals surface area contributed by atoms with Gasteiger partial charge in [-0.3, -0.25) is 0 Å². The highest BCUT2D eigenvalue weighted by Crippen LogP contribution is 2.25. The molecule has 0 aliphatic carbocycles. The Bertz CT molecular complexity index is 493. The predicted octanol–water partition coefficient (Wildman–Crippen LogP) is 5.91. The van der Waals surface area contributed by atoms with E-state index < -0.39 is 0 Å². The molecule has 0 unspecified atom stereocenters. The number of rotatable bonds is 6. The summed E-state index contributed by atoms with van der Waals surface area (Å²) in [6.45, 7) is 4.49. The van der Waals surface area contributed by atoms with Crippen molar-refractivity contribution in [2.45, 2.75) is 23.6 Å². The third kappa shape index (κ3) is 5.10. The van der Waals surface area contributed by atoms with Crippen molar-refractivity contribution in [3.63, 3.8) is 0 Å². The third-order valence-electron chi connectivity index (χ3n) is 3.13. The Morgan fingerprint density at radius 3 is 1.35 bits per heavy atom. The molecule has 0 amide bonds. The lowest BCUT2D eigenvalue weighted by Gasteiger charge is -2.08. The van der Waals surface area contributed by atoms with Crippen LogP contribution in [-0.4, -0.2) is 11.5 Å². The van der Waals surface area contributed by atoms with E-state index in [1.165, 1.54) is 20.9 Å². The van der Waals surface area contributed by atoms with Crippen molar-refractivity contribution in [3.8, 4) is 0 Å². The van der Waals surface area contributed by atoms with Gasteiger partial charge in [-0.05, 0) is 38.1 Å². The molecular weight excluding hydrogens is 280 g/mol. The monoisotopic (exact) mass is 300 g/mol. The summed E-state index contributed by atoms with van der Waals surface area (Å²) in [6.07, 6.45) is 0. The molecule has 2 aromatic rings. The minimum Gasteiger partial charge on any atom is -0.122 e. The summed E-state index contributed by atoms with van der Waals surface area (Å²) in [6, 6.07) is 21.2. The van der Waals surface area contributed by atoms with Gasteiger partial charge in [-0.2, -0.15) is 0 Å². The molecule has 0 nitrogen and oxygen atoms in total. The van der Waals surface area contributed by atoms with Crippen molar-refractivity contribution < 1.29 is 0 Å². The van der Waals surface area contributed by atoms with E-state index in [1.54, 1.807) is 0 Å². The van der Waals surface area contributed by atoms with Crippen molar-refractivity contribution >= 4 is 23.5 Å². The second-order valence-corrected chi connectivity index (χ2v) is 6.86. The smallest absolute Gasteiger partial charge is 0.0190 e. The van der Waals surface area contributed by atoms with E-state index in [0.29, 0.717) is 0 Å². The molecule has 2 rings (SSSR count). The maximum Gasteiger partial charge on any atom is 0.0190 e. The molecule has 2 heteroatoms. The molecule has 0 heterocycles. The van der Waals surface area contributed by atoms with Gasteiger partial charge < -0.3 is 0 Å². The zero-order valence-electron chi connectivity index (χ0n) is 12.0. The lowest BCUT2D eigenvalue weighted by molar-refractivity contribution is 1.24. The largest absolute Gasteiger partial charge is 0.122 e. The Kier molecular flexibility index (Phi) is 6.28. The second-order valence-electron chi connectivity index (χ2n) is 4.76. The molecule has 0 aliphatic rings. The average molecular weight is 300 g/mol. The zero-order chi connectivity index (χ0) is 14.2. The van der Waals surface area contributed by atoms with Crippen LogP contribution in [0.25, 0.3) is 0 Å². The molecule has 0 radical (unpaired) electrons. The molecule has 104 valence electrons. The van der Waals surface area contributed by atoms with E-state index in [4.69, 9.17) is 0 Å². The first-order valence-electron chi connectivity index (χ1n) is 6.76. The fourth-order valence-corrected chi connectivity index (χ4v) is 3.62. The van der Waals surface area contributed by atoms with Crippen LogP contribution in [-0.2, 0) is 0 Å².